The van der Waals surface area contributed by atoms with E-state index in [0.717, 1.165) is 11.1 Å². The topological polar surface area (TPSA) is 26.3 Å². The van der Waals surface area contributed by atoms with Crippen molar-refractivity contribution in [1.29, 1.82) is 0 Å². The molecule has 0 amide bonds. The lowest BCUT2D eigenvalue weighted by Crippen LogP contribution is -2.04. The molecule has 104 valence electrons. The summed E-state index contributed by atoms with van der Waals surface area (Å²) < 4.78 is 19.2. The van der Waals surface area contributed by atoms with Crippen LogP contribution < -0.4 is 4.74 Å². The van der Waals surface area contributed by atoms with Crippen LogP contribution in [0.15, 0.2) is 36.4 Å². The summed E-state index contributed by atoms with van der Waals surface area (Å²) in [6.07, 6.45) is 0. The minimum absolute atomic E-state index is 0.00370. The van der Waals surface area contributed by atoms with Gasteiger partial charge >= 0.3 is 0 Å². The van der Waals surface area contributed by atoms with Gasteiger partial charge in [-0.3, -0.25) is 4.79 Å². The second kappa shape index (κ2) is 5.87. The number of aryl methyl sites for hydroxylation is 2. The van der Waals surface area contributed by atoms with Crippen LogP contribution in [0.1, 0.15) is 34.0 Å². The summed E-state index contributed by atoms with van der Waals surface area (Å²) in [5, 5.41) is 0. The average molecular weight is 272 g/mol. The first kappa shape index (κ1) is 14.3. The Morgan fingerprint density at radius 3 is 2.55 bits per heavy atom. The molecule has 0 aliphatic rings. The molecule has 3 heteroatoms. The maximum absolute atomic E-state index is 13.6. The highest BCUT2D eigenvalue weighted by Crippen LogP contribution is 2.23. The maximum Gasteiger partial charge on any atom is 0.160 e. The van der Waals surface area contributed by atoms with Crippen LogP contribution in [-0.2, 0) is 6.61 Å². The minimum Gasteiger partial charge on any atom is -0.489 e. The molecule has 2 rings (SSSR count). The van der Waals surface area contributed by atoms with Crippen molar-refractivity contribution in [2.75, 3.05) is 0 Å². The standard InChI is InChI=1S/C17H17FO2/c1-11-8-12(2)17(9-16(11)18)20-10-14-6-4-5-7-15(14)13(3)19/h4-9H,10H2,1-3H3. The summed E-state index contributed by atoms with van der Waals surface area (Å²) in [5.74, 6) is 0.216. The summed E-state index contributed by atoms with van der Waals surface area (Å²) in [4.78, 5) is 11.5. The van der Waals surface area contributed by atoms with Crippen molar-refractivity contribution >= 4 is 5.78 Å². The van der Waals surface area contributed by atoms with Gasteiger partial charge in [-0.2, -0.15) is 0 Å². The molecule has 0 N–H and O–H groups in total. The van der Waals surface area contributed by atoms with Crippen LogP contribution in [0.3, 0.4) is 0 Å². The molecule has 0 unspecified atom stereocenters. The van der Waals surface area contributed by atoms with Crippen LogP contribution in [0.4, 0.5) is 4.39 Å². The summed E-state index contributed by atoms with van der Waals surface area (Å²) in [5.41, 5.74) is 2.92. The predicted molar refractivity (Wildman–Crippen MR) is 76.7 cm³/mol. The molecule has 2 aromatic rings. The van der Waals surface area contributed by atoms with Crippen molar-refractivity contribution in [3.8, 4) is 5.75 Å². The number of ketones is 1. The molecule has 0 atom stereocenters. The van der Waals surface area contributed by atoms with Crippen molar-refractivity contribution in [2.45, 2.75) is 27.4 Å². The molecule has 0 spiro atoms. The van der Waals surface area contributed by atoms with Gasteiger partial charge in [0.15, 0.2) is 5.78 Å². The Morgan fingerprint density at radius 1 is 1.15 bits per heavy atom. The van der Waals surface area contributed by atoms with Crippen LogP contribution in [0.25, 0.3) is 0 Å². The maximum atomic E-state index is 13.6. The molecule has 0 radical (unpaired) electrons. The third kappa shape index (κ3) is 3.05. The number of carbonyl (C=O) groups excluding carboxylic acids is 1. The largest absolute Gasteiger partial charge is 0.489 e. The lowest BCUT2D eigenvalue weighted by Gasteiger charge is -2.12. The molecule has 0 aliphatic carbocycles. The molecule has 0 aliphatic heterocycles. The number of Topliss-reactive ketones (excluding diaryl/α,β-unsaturated/α-hetero) is 1. The second-order valence-corrected chi connectivity index (χ2v) is 4.87. The van der Waals surface area contributed by atoms with E-state index < -0.39 is 0 Å². The molecule has 2 aromatic carbocycles. The van der Waals surface area contributed by atoms with Crippen molar-refractivity contribution in [1.82, 2.24) is 0 Å². The molecule has 0 saturated carbocycles. The van der Waals surface area contributed by atoms with Crippen molar-refractivity contribution in [3.05, 3.63) is 64.5 Å². The highest BCUT2D eigenvalue weighted by atomic mass is 19.1. The Labute approximate surface area is 118 Å². The van der Waals surface area contributed by atoms with Gasteiger partial charge in [-0.15, -0.1) is 0 Å². The fraction of sp³-hybridized carbons (Fsp3) is 0.235. The summed E-state index contributed by atoms with van der Waals surface area (Å²) in [6, 6.07) is 10.4. The van der Waals surface area contributed by atoms with Gasteiger partial charge in [-0.05, 0) is 38.0 Å². The number of hydrogen-bond donors (Lipinski definition) is 0. The van der Waals surface area contributed by atoms with Crippen LogP contribution in [0.2, 0.25) is 0 Å². The summed E-state index contributed by atoms with van der Waals surface area (Å²) in [6.45, 7) is 5.37. The fourth-order valence-corrected chi connectivity index (χ4v) is 2.11. The second-order valence-electron chi connectivity index (χ2n) is 4.87. The lowest BCUT2D eigenvalue weighted by atomic mass is 10.1. The Morgan fingerprint density at radius 2 is 1.85 bits per heavy atom. The SMILES string of the molecule is CC(=O)c1ccccc1COc1cc(F)c(C)cc1C. The molecule has 0 saturated heterocycles. The monoisotopic (exact) mass is 272 g/mol. The average Bonchev–Trinajstić information content (AvgIpc) is 2.41. The highest BCUT2D eigenvalue weighted by Gasteiger charge is 2.09. The molecule has 0 bridgehead atoms. The van der Waals surface area contributed by atoms with Gasteiger partial charge in [0.1, 0.15) is 18.2 Å². The van der Waals surface area contributed by atoms with Gasteiger partial charge in [0.25, 0.3) is 0 Å². The molecule has 2 nitrogen and oxygen atoms in total. The van der Waals surface area contributed by atoms with Gasteiger partial charge in [-0.25, -0.2) is 4.39 Å². The van der Waals surface area contributed by atoms with Gasteiger partial charge in [0.05, 0.1) is 0 Å². The van der Waals surface area contributed by atoms with Crippen LogP contribution in [-0.4, -0.2) is 5.78 Å². The van der Waals surface area contributed by atoms with Gasteiger partial charge in [0.2, 0.25) is 0 Å². The van der Waals surface area contributed by atoms with E-state index in [-0.39, 0.29) is 18.2 Å². The van der Waals surface area contributed by atoms with Gasteiger partial charge in [0, 0.05) is 17.2 Å². The Kier molecular flexibility index (Phi) is 4.18. The van der Waals surface area contributed by atoms with E-state index in [9.17, 15) is 9.18 Å². The fourth-order valence-electron chi connectivity index (χ4n) is 2.11. The first-order valence-electron chi connectivity index (χ1n) is 6.47. The number of rotatable bonds is 4. The van der Waals surface area contributed by atoms with E-state index in [1.54, 1.807) is 19.1 Å². The quantitative estimate of drug-likeness (QED) is 0.779. The number of benzene rings is 2. The minimum atomic E-state index is -0.287. The zero-order valence-corrected chi connectivity index (χ0v) is 11.9. The van der Waals surface area contributed by atoms with Crippen LogP contribution in [0, 0.1) is 19.7 Å². The Balaban J connectivity index is 2.21. The summed E-state index contributed by atoms with van der Waals surface area (Å²) >= 11 is 0. The lowest BCUT2D eigenvalue weighted by molar-refractivity contribution is 0.101. The zero-order chi connectivity index (χ0) is 14.7. The van der Waals surface area contributed by atoms with Gasteiger partial charge < -0.3 is 4.74 Å². The normalized spacial score (nSPS) is 10.4. The van der Waals surface area contributed by atoms with Crippen LogP contribution >= 0.6 is 0 Å². The van der Waals surface area contributed by atoms with E-state index in [2.05, 4.69) is 0 Å². The molecule has 20 heavy (non-hydrogen) atoms. The van der Waals surface area contributed by atoms with Gasteiger partial charge in [-0.1, -0.05) is 24.3 Å². The Hall–Kier alpha value is -2.16. The highest BCUT2D eigenvalue weighted by molar-refractivity contribution is 5.95. The molecule has 0 fully saturated rings. The predicted octanol–water partition coefficient (Wildman–Crippen LogP) is 4.22. The number of halogens is 1. The molecule has 0 aromatic heterocycles. The van der Waals surface area contributed by atoms with Crippen molar-refractivity contribution < 1.29 is 13.9 Å². The molecular weight excluding hydrogens is 255 g/mol. The third-order valence-electron chi connectivity index (χ3n) is 3.24. The number of hydrogen-bond acceptors (Lipinski definition) is 2. The summed E-state index contributed by atoms with van der Waals surface area (Å²) in [7, 11) is 0. The smallest absolute Gasteiger partial charge is 0.160 e. The van der Waals surface area contributed by atoms with E-state index in [0.29, 0.717) is 16.9 Å². The van der Waals surface area contributed by atoms with Crippen LogP contribution in [0.5, 0.6) is 5.75 Å². The Bertz CT molecular complexity index is 647. The molecule has 0 heterocycles. The van der Waals surface area contributed by atoms with E-state index in [1.807, 2.05) is 25.1 Å². The van der Waals surface area contributed by atoms with Crippen molar-refractivity contribution in [3.63, 3.8) is 0 Å². The first-order chi connectivity index (χ1) is 9.49. The molecular formula is C17H17FO2. The van der Waals surface area contributed by atoms with E-state index >= 15 is 0 Å². The van der Waals surface area contributed by atoms with E-state index in [4.69, 9.17) is 4.74 Å². The third-order valence-corrected chi connectivity index (χ3v) is 3.24. The van der Waals surface area contributed by atoms with Crippen molar-refractivity contribution in [2.24, 2.45) is 0 Å². The number of carbonyl (C=O) groups is 1. The zero-order valence-electron chi connectivity index (χ0n) is 11.9. The first-order valence-corrected chi connectivity index (χ1v) is 6.47. The van der Waals surface area contributed by atoms with E-state index in [1.165, 1.54) is 13.0 Å². The number of ether oxygens (including phenoxy) is 1.